The maximum Gasteiger partial charge on any atom is 0.257 e. The van der Waals surface area contributed by atoms with E-state index in [1.54, 1.807) is 6.20 Å². The molecule has 172 valence electrons. The van der Waals surface area contributed by atoms with Gasteiger partial charge < -0.3 is 14.7 Å². The van der Waals surface area contributed by atoms with Crippen LogP contribution in [0.2, 0.25) is 0 Å². The third kappa shape index (κ3) is 4.94. The van der Waals surface area contributed by atoms with Crippen molar-refractivity contribution in [3.8, 4) is 5.75 Å². The average Bonchev–Trinajstić information content (AvgIpc) is 3.28. The molecule has 0 bridgehead atoms. The number of nitrogens with zero attached hydrogens (tertiary/aromatic N) is 4. The summed E-state index contributed by atoms with van der Waals surface area (Å²) in [4.78, 5) is 26.6. The summed E-state index contributed by atoms with van der Waals surface area (Å²) in [5, 5.41) is 9.71. The van der Waals surface area contributed by atoms with Crippen LogP contribution in [0.1, 0.15) is 78.1 Å². The Morgan fingerprint density at radius 1 is 1.19 bits per heavy atom. The molecule has 7 nitrogen and oxygen atoms in total. The minimum atomic E-state index is -0.0403. The molecule has 32 heavy (non-hydrogen) atoms. The second-order valence-electron chi connectivity index (χ2n) is 8.74. The molecule has 1 unspecified atom stereocenters. The number of aryl methyl sites for hydroxylation is 1. The fraction of sp³-hybridized carbons (Fsp3) is 0.560. The van der Waals surface area contributed by atoms with Crippen LogP contribution in [-0.2, 0) is 13.2 Å². The molecule has 0 aliphatic carbocycles. The van der Waals surface area contributed by atoms with Crippen LogP contribution in [0.25, 0.3) is 0 Å². The predicted molar refractivity (Wildman–Crippen MR) is 122 cm³/mol. The van der Waals surface area contributed by atoms with Crippen molar-refractivity contribution in [1.29, 1.82) is 0 Å². The largest absolute Gasteiger partial charge is 0.494 e. The maximum atomic E-state index is 12.9. The van der Waals surface area contributed by atoms with Crippen molar-refractivity contribution in [2.45, 2.75) is 65.1 Å². The number of rotatable bonds is 7. The summed E-state index contributed by atoms with van der Waals surface area (Å²) in [6.07, 6.45) is 7.17. The molecule has 1 aromatic heterocycles. The van der Waals surface area contributed by atoms with Gasteiger partial charge in [0.2, 0.25) is 0 Å². The van der Waals surface area contributed by atoms with Gasteiger partial charge in [0.25, 0.3) is 5.91 Å². The van der Waals surface area contributed by atoms with Gasteiger partial charge in [0, 0.05) is 31.4 Å². The van der Waals surface area contributed by atoms with E-state index < -0.39 is 0 Å². The number of amides is 1. The number of likely N-dealkylation sites (tertiary alicyclic amines) is 2. The van der Waals surface area contributed by atoms with Crippen LogP contribution in [-0.4, -0.2) is 57.0 Å². The zero-order valence-electron chi connectivity index (χ0n) is 19.2. The molecule has 7 heteroatoms. The van der Waals surface area contributed by atoms with Gasteiger partial charge >= 0.3 is 0 Å². The van der Waals surface area contributed by atoms with Crippen molar-refractivity contribution in [2.75, 3.05) is 26.2 Å². The first kappa shape index (κ1) is 22.7. The van der Waals surface area contributed by atoms with Gasteiger partial charge in [0.15, 0.2) is 0 Å². The molecule has 1 N–H and O–H groups in total. The van der Waals surface area contributed by atoms with E-state index in [1.165, 1.54) is 6.42 Å². The number of benzene rings is 1. The van der Waals surface area contributed by atoms with E-state index in [-0.39, 0.29) is 18.6 Å². The highest BCUT2D eigenvalue weighted by Crippen LogP contribution is 2.32. The van der Waals surface area contributed by atoms with E-state index in [0.717, 1.165) is 80.3 Å². The first-order valence-corrected chi connectivity index (χ1v) is 11.8. The first-order valence-electron chi connectivity index (χ1n) is 11.8. The van der Waals surface area contributed by atoms with Crippen molar-refractivity contribution < 1.29 is 14.6 Å². The van der Waals surface area contributed by atoms with E-state index in [9.17, 15) is 9.90 Å². The van der Waals surface area contributed by atoms with Crippen molar-refractivity contribution >= 4 is 5.91 Å². The summed E-state index contributed by atoms with van der Waals surface area (Å²) < 4.78 is 5.61. The minimum Gasteiger partial charge on any atom is -0.494 e. The highest BCUT2D eigenvalue weighted by Gasteiger charge is 2.29. The summed E-state index contributed by atoms with van der Waals surface area (Å²) in [6.45, 7) is 7.79. The topological polar surface area (TPSA) is 78.8 Å². The Balaban J connectivity index is 1.48. The number of piperidine rings is 1. The molecule has 0 spiro atoms. The van der Waals surface area contributed by atoms with Crippen molar-refractivity contribution in [2.24, 2.45) is 0 Å². The highest BCUT2D eigenvalue weighted by atomic mass is 16.5. The van der Waals surface area contributed by atoms with Crippen molar-refractivity contribution in [1.82, 2.24) is 19.8 Å². The highest BCUT2D eigenvalue weighted by molar-refractivity contribution is 5.95. The molecule has 2 aliphatic heterocycles. The standard InChI is InChI=1S/C25H34N4O3/c1-3-32-23-10-9-19(14-20(23)17-30)16-29-13-7-8-22(29)24-26-15-21(18(2)27-24)25(31)28-11-5-4-6-12-28/h9-10,14-15,22,30H,3-8,11-13,16-17H2,1-2H3. The van der Waals surface area contributed by atoms with E-state index in [1.807, 2.05) is 30.9 Å². The second-order valence-corrected chi connectivity index (χ2v) is 8.74. The van der Waals surface area contributed by atoms with Gasteiger partial charge in [-0.25, -0.2) is 9.97 Å². The monoisotopic (exact) mass is 438 g/mol. The number of hydrogen-bond donors (Lipinski definition) is 1. The molecule has 3 heterocycles. The van der Waals surface area contributed by atoms with Gasteiger partial charge in [-0.2, -0.15) is 0 Å². The summed E-state index contributed by atoms with van der Waals surface area (Å²) >= 11 is 0. The number of aromatic nitrogens is 2. The fourth-order valence-electron chi connectivity index (χ4n) is 4.82. The molecule has 1 aromatic carbocycles. The summed E-state index contributed by atoms with van der Waals surface area (Å²) in [6, 6.07) is 6.16. The van der Waals surface area contributed by atoms with Crippen molar-refractivity contribution in [3.05, 3.63) is 52.6 Å². The average molecular weight is 439 g/mol. The van der Waals surface area contributed by atoms with Gasteiger partial charge in [0.1, 0.15) is 11.6 Å². The lowest BCUT2D eigenvalue weighted by molar-refractivity contribution is 0.0722. The van der Waals surface area contributed by atoms with Crippen molar-refractivity contribution in [3.63, 3.8) is 0 Å². The molecule has 4 rings (SSSR count). The molecule has 1 atom stereocenters. The SMILES string of the molecule is CCOc1ccc(CN2CCCC2c2ncc(C(=O)N3CCCCC3)c(C)n2)cc1CO. The van der Waals surface area contributed by atoms with Gasteiger partial charge in [0.05, 0.1) is 30.5 Å². The number of aliphatic hydroxyl groups is 1. The Kier molecular flexibility index (Phi) is 7.37. The van der Waals surface area contributed by atoms with E-state index in [2.05, 4.69) is 16.0 Å². The Labute approximate surface area is 190 Å². The molecule has 2 aliphatic rings. The van der Waals surface area contributed by atoms with Crippen LogP contribution < -0.4 is 4.74 Å². The molecule has 2 aromatic rings. The Bertz CT molecular complexity index is 943. The smallest absolute Gasteiger partial charge is 0.257 e. The Morgan fingerprint density at radius 2 is 2.00 bits per heavy atom. The molecule has 1 amide bonds. The summed E-state index contributed by atoms with van der Waals surface area (Å²) in [5.41, 5.74) is 3.34. The zero-order chi connectivity index (χ0) is 22.5. The van der Waals surface area contributed by atoms with Gasteiger partial charge in [-0.1, -0.05) is 6.07 Å². The second kappa shape index (κ2) is 10.4. The van der Waals surface area contributed by atoms with E-state index in [0.29, 0.717) is 12.2 Å². The maximum absolute atomic E-state index is 12.9. The van der Waals surface area contributed by atoms with Crippen LogP contribution in [0.15, 0.2) is 24.4 Å². The van der Waals surface area contributed by atoms with Gasteiger partial charge in [-0.15, -0.1) is 0 Å². The Morgan fingerprint density at radius 3 is 2.72 bits per heavy atom. The van der Waals surface area contributed by atoms with Gasteiger partial charge in [-0.05, 0) is 70.2 Å². The lowest BCUT2D eigenvalue weighted by Gasteiger charge is -2.27. The summed E-state index contributed by atoms with van der Waals surface area (Å²) in [5.74, 6) is 1.59. The zero-order valence-corrected chi connectivity index (χ0v) is 19.2. The van der Waals surface area contributed by atoms with Crippen LogP contribution in [0, 0.1) is 6.92 Å². The number of aliphatic hydroxyl groups excluding tert-OH is 1. The third-order valence-electron chi connectivity index (χ3n) is 6.51. The molecule has 0 radical (unpaired) electrons. The van der Waals surface area contributed by atoms with Gasteiger partial charge in [-0.3, -0.25) is 9.69 Å². The van der Waals surface area contributed by atoms with Crippen LogP contribution in [0.4, 0.5) is 0 Å². The third-order valence-corrected chi connectivity index (χ3v) is 6.51. The number of ether oxygens (including phenoxy) is 1. The van der Waals surface area contributed by atoms with E-state index in [4.69, 9.17) is 9.72 Å². The molecule has 2 saturated heterocycles. The predicted octanol–water partition coefficient (Wildman–Crippen LogP) is 3.64. The minimum absolute atomic E-state index is 0.0403. The number of carbonyl (C=O) groups is 1. The number of carbonyl (C=O) groups excluding carboxylic acids is 1. The lowest BCUT2D eigenvalue weighted by Crippen LogP contribution is -2.36. The molecule has 2 fully saturated rings. The fourth-order valence-corrected chi connectivity index (χ4v) is 4.82. The quantitative estimate of drug-likeness (QED) is 0.711. The molecular formula is C25H34N4O3. The normalized spacial score (nSPS) is 19.3. The number of hydrogen-bond acceptors (Lipinski definition) is 6. The summed E-state index contributed by atoms with van der Waals surface area (Å²) in [7, 11) is 0. The first-order chi connectivity index (χ1) is 15.6. The molecule has 0 saturated carbocycles. The van der Waals surface area contributed by atoms with E-state index >= 15 is 0 Å². The lowest BCUT2D eigenvalue weighted by atomic mass is 10.1. The van der Waals surface area contributed by atoms with Crippen LogP contribution in [0.3, 0.4) is 0 Å². The molecular weight excluding hydrogens is 404 g/mol. The van der Waals surface area contributed by atoms with Crippen LogP contribution >= 0.6 is 0 Å². The Hall–Kier alpha value is -2.51. The van der Waals surface area contributed by atoms with Crippen LogP contribution in [0.5, 0.6) is 5.75 Å².